The SMILES string of the molecule is CC(C)C(C)S(=O)(=O)Cc1ccc(C(N)=O)cc1N. The van der Waals surface area contributed by atoms with Crippen molar-refractivity contribution in [3.05, 3.63) is 29.3 Å². The number of nitrogens with two attached hydrogens (primary N) is 2. The van der Waals surface area contributed by atoms with Crippen LogP contribution in [0, 0.1) is 5.92 Å². The summed E-state index contributed by atoms with van der Waals surface area (Å²) in [5, 5.41) is -0.442. The van der Waals surface area contributed by atoms with Gasteiger partial charge in [0.1, 0.15) is 0 Å². The summed E-state index contributed by atoms with van der Waals surface area (Å²) in [5.74, 6) is -0.676. The number of nitrogen functional groups attached to an aromatic ring is 1. The number of amides is 1. The smallest absolute Gasteiger partial charge is 0.248 e. The second-order valence-corrected chi connectivity index (χ2v) is 7.39. The highest BCUT2D eigenvalue weighted by Gasteiger charge is 2.25. The number of hydrogen-bond acceptors (Lipinski definition) is 4. The Morgan fingerprint density at radius 2 is 1.84 bits per heavy atom. The molecule has 4 N–H and O–H groups in total. The van der Waals surface area contributed by atoms with Gasteiger partial charge in [-0.15, -0.1) is 0 Å². The molecule has 0 aliphatic rings. The normalized spacial score (nSPS) is 13.5. The number of primary amides is 1. The standard InChI is InChI=1S/C13H20N2O3S/c1-8(2)9(3)19(17,18)7-11-5-4-10(13(15)16)6-12(11)14/h4-6,8-9H,7,14H2,1-3H3,(H2,15,16). The Labute approximate surface area is 113 Å². The first-order valence-corrected chi connectivity index (χ1v) is 7.76. The van der Waals surface area contributed by atoms with Crippen molar-refractivity contribution in [2.75, 3.05) is 5.73 Å². The number of anilines is 1. The third-order valence-electron chi connectivity index (χ3n) is 3.29. The molecule has 1 aromatic rings. The molecule has 5 nitrogen and oxygen atoms in total. The lowest BCUT2D eigenvalue weighted by atomic mass is 10.1. The van der Waals surface area contributed by atoms with E-state index in [0.717, 1.165) is 0 Å². The first-order valence-electron chi connectivity index (χ1n) is 6.05. The first-order chi connectivity index (χ1) is 8.65. The fourth-order valence-electron chi connectivity index (χ4n) is 1.64. The monoisotopic (exact) mass is 284 g/mol. The predicted octanol–water partition coefficient (Wildman–Crippen LogP) is 1.33. The molecule has 1 aromatic carbocycles. The molecular formula is C13H20N2O3S. The van der Waals surface area contributed by atoms with E-state index in [4.69, 9.17) is 11.5 Å². The van der Waals surface area contributed by atoms with E-state index in [9.17, 15) is 13.2 Å². The molecule has 0 aromatic heterocycles. The molecule has 0 fully saturated rings. The van der Waals surface area contributed by atoms with Crippen molar-refractivity contribution in [1.29, 1.82) is 0 Å². The zero-order valence-electron chi connectivity index (χ0n) is 11.4. The summed E-state index contributed by atoms with van der Waals surface area (Å²) in [6, 6.07) is 4.44. The Bertz CT molecular complexity index is 580. The van der Waals surface area contributed by atoms with Gasteiger partial charge in [0.05, 0.1) is 11.0 Å². The van der Waals surface area contributed by atoms with Crippen molar-refractivity contribution < 1.29 is 13.2 Å². The number of carbonyl (C=O) groups excluding carboxylic acids is 1. The van der Waals surface area contributed by atoms with Crippen LogP contribution in [0.2, 0.25) is 0 Å². The van der Waals surface area contributed by atoms with Crippen LogP contribution in [-0.4, -0.2) is 19.6 Å². The zero-order valence-corrected chi connectivity index (χ0v) is 12.2. The van der Waals surface area contributed by atoms with E-state index < -0.39 is 21.0 Å². The summed E-state index contributed by atoms with van der Waals surface area (Å²) in [4.78, 5) is 11.0. The fraction of sp³-hybridized carbons (Fsp3) is 0.462. The Hall–Kier alpha value is -1.56. The Kier molecular flexibility index (Phi) is 4.57. The van der Waals surface area contributed by atoms with Gasteiger partial charge in [-0.2, -0.15) is 0 Å². The highest BCUT2D eigenvalue weighted by atomic mass is 32.2. The maximum Gasteiger partial charge on any atom is 0.248 e. The lowest BCUT2D eigenvalue weighted by molar-refractivity contribution is 0.100. The molecule has 1 rings (SSSR count). The molecule has 0 saturated carbocycles. The van der Waals surface area contributed by atoms with Crippen LogP contribution in [0.3, 0.4) is 0 Å². The summed E-state index contributed by atoms with van der Waals surface area (Å²) < 4.78 is 24.3. The van der Waals surface area contributed by atoms with Gasteiger partial charge < -0.3 is 11.5 Å². The van der Waals surface area contributed by atoms with Crippen LogP contribution >= 0.6 is 0 Å². The van der Waals surface area contributed by atoms with Crippen LogP contribution in [0.25, 0.3) is 0 Å². The quantitative estimate of drug-likeness (QED) is 0.796. The molecule has 0 radical (unpaired) electrons. The second kappa shape index (κ2) is 5.61. The van der Waals surface area contributed by atoms with Crippen LogP contribution in [0.1, 0.15) is 36.7 Å². The number of rotatable bonds is 5. The molecule has 106 valence electrons. The Morgan fingerprint density at radius 1 is 1.26 bits per heavy atom. The number of sulfone groups is 1. The number of hydrogen-bond donors (Lipinski definition) is 2. The third kappa shape index (κ3) is 3.70. The van der Waals surface area contributed by atoms with Crippen LogP contribution < -0.4 is 11.5 Å². The van der Waals surface area contributed by atoms with E-state index >= 15 is 0 Å². The summed E-state index contributed by atoms with van der Waals surface area (Å²) in [7, 11) is -3.26. The van der Waals surface area contributed by atoms with Gasteiger partial charge in [0.25, 0.3) is 0 Å². The molecule has 1 atom stereocenters. The maximum atomic E-state index is 12.2. The van der Waals surface area contributed by atoms with Gasteiger partial charge in [-0.05, 0) is 30.5 Å². The largest absolute Gasteiger partial charge is 0.398 e. The molecule has 0 aliphatic heterocycles. The highest BCUT2D eigenvalue weighted by Crippen LogP contribution is 2.21. The lowest BCUT2D eigenvalue weighted by Gasteiger charge is -2.17. The van der Waals surface area contributed by atoms with Crippen LogP contribution in [-0.2, 0) is 15.6 Å². The molecule has 1 amide bonds. The molecular weight excluding hydrogens is 264 g/mol. The molecule has 1 unspecified atom stereocenters. The molecule has 6 heteroatoms. The molecule has 0 saturated heterocycles. The van der Waals surface area contributed by atoms with Crippen molar-refractivity contribution in [3.8, 4) is 0 Å². The van der Waals surface area contributed by atoms with E-state index in [0.29, 0.717) is 5.56 Å². The van der Waals surface area contributed by atoms with Crippen molar-refractivity contribution in [3.63, 3.8) is 0 Å². The van der Waals surface area contributed by atoms with Gasteiger partial charge in [0.2, 0.25) is 5.91 Å². The molecule has 0 heterocycles. The van der Waals surface area contributed by atoms with Gasteiger partial charge >= 0.3 is 0 Å². The fourth-order valence-corrected chi connectivity index (χ4v) is 3.43. The Balaban J connectivity index is 3.04. The highest BCUT2D eigenvalue weighted by molar-refractivity contribution is 7.91. The van der Waals surface area contributed by atoms with Crippen molar-refractivity contribution >= 4 is 21.4 Å². The van der Waals surface area contributed by atoms with E-state index in [1.165, 1.54) is 12.1 Å². The van der Waals surface area contributed by atoms with Gasteiger partial charge in [-0.25, -0.2) is 8.42 Å². The molecule has 0 bridgehead atoms. The van der Waals surface area contributed by atoms with Gasteiger partial charge in [-0.3, -0.25) is 4.79 Å². The predicted molar refractivity (Wildman–Crippen MR) is 76.3 cm³/mol. The van der Waals surface area contributed by atoms with Gasteiger partial charge in [0, 0.05) is 11.3 Å². The third-order valence-corrected chi connectivity index (χ3v) is 5.68. The minimum atomic E-state index is -3.26. The minimum absolute atomic E-state index is 0.0381. The average molecular weight is 284 g/mol. The first kappa shape index (κ1) is 15.5. The average Bonchev–Trinajstić information content (AvgIpc) is 2.30. The maximum absolute atomic E-state index is 12.2. The topological polar surface area (TPSA) is 103 Å². The summed E-state index contributed by atoms with van der Waals surface area (Å²) in [6.45, 7) is 5.41. The van der Waals surface area contributed by atoms with Crippen molar-refractivity contribution in [1.82, 2.24) is 0 Å². The number of benzene rings is 1. The zero-order chi connectivity index (χ0) is 14.8. The summed E-state index contributed by atoms with van der Waals surface area (Å²) in [6.07, 6.45) is 0. The van der Waals surface area contributed by atoms with E-state index in [1.807, 2.05) is 13.8 Å². The van der Waals surface area contributed by atoms with Gasteiger partial charge in [0.15, 0.2) is 9.84 Å². The molecule has 0 aliphatic carbocycles. The van der Waals surface area contributed by atoms with Crippen LogP contribution in [0.15, 0.2) is 18.2 Å². The van der Waals surface area contributed by atoms with E-state index in [-0.39, 0.29) is 22.9 Å². The molecule has 0 spiro atoms. The second-order valence-electron chi connectivity index (χ2n) is 5.03. The minimum Gasteiger partial charge on any atom is -0.398 e. The van der Waals surface area contributed by atoms with E-state index in [2.05, 4.69) is 0 Å². The summed E-state index contributed by atoms with van der Waals surface area (Å²) >= 11 is 0. The Morgan fingerprint density at radius 3 is 2.26 bits per heavy atom. The number of carbonyl (C=O) groups is 1. The van der Waals surface area contributed by atoms with Gasteiger partial charge in [-0.1, -0.05) is 19.9 Å². The van der Waals surface area contributed by atoms with Crippen LogP contribution in [0.5, 0.6) is 0 Å². The lowest BCUT2D eigenvalue weighted by Crippen LogP contribution is -2.25. The van der Waals surface area contributed by atoms with Crippen molar-refractivity contribution in [2.45, 2.75) is 31.8 Å². The van der Waals surface area contributed by atoms with Crippen molar-refractivity contribution in [2.24, 2.45) is 11.7 Å². The summed E-state index contributed by atoms with van der Waals surface area (Å²) in [5.41, 5.74) is 12.0. The van der Waals surface area contributed by atoms with Crippen LogP contribution in [0.4, 0.5) is 5.69 Å². The molecule has 19 heavy (non-hydrogen) atoms. The van der Waals surface area contributed by atoms with E-state index in [1.54, 1.807) is 13.0 Å².